The Bertz CT molecular complexity index is 641. The van der Waals surface area contributed by atoms with Crippen LogP contribution in [-0.2, 0) is 5.75 Å². The molecular weight excluding hydrogens is 288 g/mol. The molecule has 1 heterocycles. The predicted molar refractivity (Wildman–Crippen MR) is 85.3 cm³/mol. The number of methoxy groups -OCH3 is 1. The molecule has 0 amide bonds. The van der Waals surface area contributed by atoms with Crippen molar-refractivity contribution in [2.45, 2.75) is 17.0 Å². The highest BCUT2D eigenvalue weighted by molar-refractivity contribution is 8.00. The van der Waals surface area contributed by atoms with Gasteiger partial charge < -0.3 is 10.5 Å². The van der Waals surface area contributed by atoms with Crippen LogP contribution in [0.5, 0.6) is 5.75 Å². The number of benzene rings is 1. The van der Waals surface area contributed by atoms with Crippen LogP contribution in [-0.4, -0.2) is 18.6 Å². The van der Waals surface area contributed by atoms with E-state index in [0.29, 0.717) is 6.54 Å². The smallest absolute Gasteiger partial charge is 0.150 e. The zero-order valence-corrected chi connectivity index (χ0v) is 13.1. The zero-order chi connectivity index (χ0) is 14.4. The minimum absolute atomic E-state index is 0.370. The van der Waals surface area contributed by atoms with Gasteiger partial charge >= 0.3 is 0 Å². The van der Waals surface area contributed by atoms with E-state index in [2.05, 4.69) is 28.3 Å². The lowest BCUT2D eigenvalue weighted by Gasteiger charge is -2.08. The highest BCUT2D eigenvalue weighted by Gasteiger charge is 2.06. The van der Waals surface area contributed by atoms with E-state index in [1.165, 1.54) is 0 Å². The molecule has 0 aliphatic carbocycles. The highest BCUT2D eigenvalue weighted by Crippen LogP contribution is 2.30. The predicted octanol–water partition coefficient (Wildman–Crippen LogP) is 3.06. The van der Waals surface area contributed by atoms with Crippen LogP contribution in [0.15, 0.2) is 27.9 Å². The van der Waals surface area contributed by atoms with Gasteiger partial charge in [0.15, 0.2) is 0 Å². The second-order valence-corrected chi connectivity index (χ2v) is 6.16. The Morgan fingerprint density at radius 2 is 2.30 bits per heavy atom. The minimum atomic E-state index is 0.370. The number of aryl methyl sites for hydroxylation is 1. The van der Waals surface area contributed by atoms with Crippen LogP contribution in [0.2, 0.25) is 0 Å². The van der Waals surface area contributed by atoms with E-state index in [9.17, 15) is 0 Å². The van der Waals surface area contributed by atoms with E-state index in [1.54, 1.807) is 30.2 Å². The Balaban J connectivity index is 2.15. The summed E-state index contributed by atoms with van der Waals surface area (Å²) in [6, 6.07) is 5.95. The van der Waals surface area contributed by atoms with Gasteiger partial charge in [0.2, 0.25) is 0 Å². The fourth-order valence-electron chi connectivity index (χ4n) is 1.66. The molecule has 0 saturated heterocycles. The van der Waals surface area contributed by atoms with Gasteiger partial charge in [-0.15, -0.1) is 11.3 Å². The summed E-state index contributed by atoms with van der Waals surface area (Å²) in [5, 5.41) is 2.06. The number of ether oxygens (including phenoxy) is 1. The molecule has 2 rings (SSSR count). The van der Waals surface area contributed by atoms with E-state index in [0.717, 1.165) is 32.7 Å². The Hall–Kier alpha value is -1.48. The summed E-state index contributed by atoms with van der Waals surface area (Å²) in [6.45, 7) is 2.37. The van der Waals surface area contributed by atoms with E-state index in [-0.39, 0.29) is 0 Å². The van der Waals surface area contributed by atoms with Crippen molar-refractivity contribution in [1.29, 1.82) is 0 Å². The number of hydrogen-bond acceptors (Lipinski definition) is 5. The Morgan fingerprint density at radius 3 is 2.95 bits per heavy atom. The maximum Gasteiger partial charge on any atom is 0.150 e. The second kappa shape index (κ2) is 7.34. The van der Waals surface area contributed by atoms with Crippen molar-refractivity contribution >= 4 is 23.1 Å². The number of thioether (sulfide) groups is 1. The lowest BCUT2D eigenvalue weighted by atomic mass is 10.1. The molecule has 1 aromatic heterocycles. The summed E-state index contributed by atoms with van der Waals surface area (Å²) in [7, 11) is 1.68. The van der Waals surface area contributed by atoms with Gasteiger partial charge in [0.05, 0.1) is 13.7 Å². The molecule has 5 heteroatoms. The van der Waals surface area contributed by atoms with E-state index in [4.69, 9.17) is 10.5 Å². The van der Waals surface area contributed by atoms with Crippen molar-refractivity contribution in [3.8, 4) is 17.6 Å². The summed E-state index contributed by atoms with van der Waals surface area (Å²) in [4.78, 5) is 4.45. The van der Waals surface area contributed by atoms with Gasteiger partial charge in [-0.1, -0.05) is 23.6 Å². The third kappa shape index (κ3) is 4.01. The third-order valence-electron chi connectivity index (χ3n) is 2.56. The fourth-order valence-corrected chi connectivity index (χ4v) is 3.49. The molecule has 20 heavy (non-hydrogen) atoms. The van der Waals surface area contributed by atoms with Gasteiger partial charge in [-0.25, -0.2) is 4.98 Å². The highest BCUT2D eigenvalue weighted by atomic mass is 32.2. The normalized spacial score (nSPS) is 9.95. The zero-order valence-electron chi connectivity index (χ0n) is 11.5. The molecule has 1 aromatic carbocycles. The summed E-state index contributed by atoms with van der Waals surface area (Å²) < 4.78 is 6.47. The molecule has 0 bridgehead atoms. The lowest BCUT2D eigenvalue weighted by molar-refractivity contribution is 0.411. The first-order valence-corrected chi connectivity index (χ1v) is 8.00. The van der Waals surface area contributed by atoms with Gasteiger partial charge in [-0.05, 0) is 25.1 Å². The van der Waals surface area contributed by atoms with Crippen LogP contribution in [0.1, 0.15) is 16.8 Å². The maximum absolute atomic E-state index is 5.40. The molecule has 2 aromatic rings. The van der Waals surface area contributed by atoms with Crippen molar-refractivity contribution in [2.24, 2.45) is 5.73 Å². The van der Waals surface area contributed by atoms with Crippen molar-refractivity contribution in [3.05, 3.63) is 40.4 Å². The van der Waals surface area contributed by atoms with E-state index >= 15 is 0 Å². The van der Waals surface area contributed by atoms with E-state index in [1.807, 2.05) is 19.1 Å². The summed E-state index contributed by atoms with van der Waals surface area (Å²) in [6.07, 6.45) is 0. The van der Waals surface area contributed by atoms with E-state index < -0.39 is 0 Å². The lowest BCUT2D eigenvalue weighted by Crippen LogP contribution is -1.94. The molecule has 2 N–H and O–H groups in total. The summed E-state index contributed by atoms with van der Waals surface area (Å²) in [5.41, 5.74) is 8.54. The second-order valence-electron chi connectivity index (χ2n) is 4.08. The molecule has 104 valence electrons. The average molecular weight is 304 g/mol. The first kappa shape index (κ1) is 14.9. The molecular formula is C15H16N2OS2. The molecule has 0 atom stereocenters. The molecule has 0 fully saturated rings. The van der Waals surface area contributed by atoms with Crippen LogP contribution in [0.4, 0.5) is 0 Å². The first-order valence-electron chi connectivity index (χ1n) is 6.13. The van der Waals surface area contributed by atoms with Crippen molar-refractivity contribution in [3.63, 3.8) is 0 Å². The molecule has 0 aliphatic heterocycles. The van der Waals surface area contributed by atoms with Crippen LogP contribution in [0.25, 0.3) is 0 Å². The minimum Gasteiger partial charge on any atom is -0.496 e. The molecule has 3 nitrogen and oxygen atoms in total. The monoisotopic (exact) mass is 304 g/mol. The van der Waals surface area contributed by atoms with Gasteiger partial charge in [-0.2, -0.15) is 0 Å². The van der Waals surface area contributed by atoms with Crippen LogP contribution < -0.4 is 10.5 Å². The number of nitrogens with zero attached hydrogens (tertiary/aromatic N) is 1. The van der Waals surface area contributed by atoms with Crippen molar-refractivity contribution < 1.29 is 4.74 Å². The van der Waals surface area contributed by atoms with Crippen molar-refractivity contribution in [1.82, 2.24) is 4.98 Å². The number of thiazole rings is 1. The quantitative estimate of drug-likeness (QED) is 0.696. The molecule has 0 radical (unpaired) electrons. The molecule has 0 spiro atoms. The molecule has 0 saturated carbocycles. The SMILES string of the molecule is COc1ccc(C#CCN)cc1CSc1nc(C)cs1. The van der Waals surface area contributed by atoms with Crippen molar-refractivity contribution in [2.75, 3.05) is 13.7 Å². The van der Waals surface area contributed by atoms with Crippen LogP contribution in [0, 0.1) is 18.8 Å². The Kier molecular flexibility index (Phi) is 5.48. The Morgan fingerprint density at radius 1 is 1.45 bits per heavy atom. The molecule has 0 unspecified atom stereocenters. The molecule has 0 aliphatic rings. The van der Waals surface area contributed by atoms with Gasteiger partial charge in [-0.3, -0.25) is 0 Å². The van der Waals surface area contributed by atoms with Gasteiger partial charge in [0.25, 0.3) is 0 Å². The average Bonchev–Trinajstić information content (AvgIpc) is 2.88. The number of nitrogens with two attached hydrogens (primary N) is 1. The summed E-state index contributed by atoms with van der Waals surface area (Å²) in [5.74, 6) is 7.60. The van der Waals surface area contributed by atoms with Crippen LogP contribution >= 0.6 is 23.1 Å². The maximum atomic E-state index is 5.40. The third-order valence-corrected chi connectivity index (χ3v) is 4.75. The number of rotatable bonds is 4. The van der Waals surface area contributed by atoms with Gasteiger partial charge in [0.1, 0.15) is 10.1 Å². The standard InChI is InChI=1S/C15H16N2OS2/c1-11-9-19-15(17-11)20-10-13-8-12(4-3-7-16)5-6-14(13)18-2/h5-6,8-9H,7,10,16H2,1-2H3. The number of hydrogen-bond donors (Lipinski definition) is 1. The largest absolute Gasteiger partial charge is 0.496 e. The first-order chi connectivity index (χ1) is 9.72. The topological polar surface area (TPSA) is 48.1 Å². The fraction of sp³-hybridized carbons (Fsp3) is 0.267. The van der Waals surface area contributed by atoms with Gasteiger partial charge in [0, 0.05) is 28.0 Å². The summed E-state index contributed by atoms with van der Waals surface area (Å²) >= 11 is 3.38. The Labute approximate surface area is 127 Å². The number of aromatic nitrogens is 1. The van der Waals surface area contributed by atoms with Crippen LogP contribution in [0.3, 0.4) is 0 Å².